The monoisotopic (exact) mass is 288 g/mol. The Morgan fingerprint density at radius 3 is 2.55 bits per heavy atom. The maximum atomic E-state index is 12.2. The summed E-state index contributed by atoms with van der Waals surface area (Å²) in [6, 6.07) is 0. The zero-order valence-corrected chi connectivity index (χ0v) is 12.4. The zero-order valence-electron chi connectivity index (χ0n) is 12.4. The highest BCUT2D eigenvalue weighted by molar-refractivity contribution is 5.82. The van der Waals surface area contributed by atoms with Gasteiger partial charge in [-0.3, -0.25) is 9.59 Å². The molecule has 7 nitrogen and oxygen atoms in total. The fraction of sp³-hybridized carbons (Fsp3) is 0.846. The van der Waals surface area contributed by atoms with Gasteiger partial charge in [0.1, 0.15) is 12.2 Å². The zero-order chi connectivity index (χ0) is 15.6. The Labute approximate surface area is 118 Å². The molecule has 1 heterocycles. The minimum absolute atomic E-state index is 0.0775. The molecule has 20 heavy (non-hydrogen) atoms. The topological polar surface area (TPSA) is 111 Å². The minimum Gasteiger partial charge on any atom is -0.383 e. The summed E-state index contributed by atoms with van der Waals surface area (Å²) in [5.74, 6) is -1.91. The smallest absolute Gasteiger partial charge is 0.249 e. The highest BCUT2D eigenvalue weighted by Crippen LogP contribution is 2.34. The Hall–Kier alpha value is -1.18. The van der Waals surface area contributed by atoms with Crippen LogP contribution in [0.25, 0.3) is 0 Å². The van der Waals surface area contributed by atoms with Gasteiger partial charge in [-0.2, -0.15) is 0 Å². The van der Waals surface area contributed by atoms with Crippen LogP contribution < -0.4 is 11.1 Å². The number of hydrogen-bond donors (Lipinski definition) is 3. The molecule has 0 aliphatic carbocycles. The number of nitrogens with one attached hydrogen (secondary N) is 1. The van der Waals surface area contributed by atoms with Crippen molar-refractivity contribution in [3.63, 3.8) is 0 Å². The van der Waals surface area contributed by atoms with E-state index in [1.807, 2.05) is 13.8 Å². The van der Waals surface area contributed by atoms with Crippen molar-refractivity contribution >= 4 is 11.8 Å². The second kappa shape index (κ2) is 6.07. The first-order valence-corrected chi connectivity index (χ1v) is 6.62. The maximum absolute atomic E-state index is 12.2. The Morgan fingerprint density at radius 2 is 2.00 bits per heavy atom. The van der Waals surface area contributed by atoms with E-state index >= 15 is 0 Å². The molecule has 2 amide bonds. The fourth-order valence-corrected chi connectivity index (χ4v) is 1.89. The van der Waals surface area contributed by atoms with E-state index in [0.29, 0.717) is 6.61 Å². The molecule has 1 unspecified atom stereocenters. The average Bonchev–Trinajstić information content (AvgIpc) is 2.32. The molecule has 4 N–H and O–H groups in total. The molecule has 0 bridgehead atoms. The molecule has 116 valence electrons. The summed E-state index contributed by atoms with van der Waals surface area (Å²) in [5.41, 5.74) is 4.47. The fourth-order valence-electron chi connectivity index (χ4n) is 1.89. The summed E-state index contributed by atoms with van der Waals surface area (Å²) in [6.07, 6.45) is -1.83. The third kappa shape index (κ3) is 4.43. The Bertz CT molecular complexity index is 381. The summed E-state index contributed by atoms with van der Waals surface area (Å²) in [5, 5.41) is 11.9. The van der Waals surface area contributed by atoms with E-state index in [0.717, 1.165) is 0 Å². The summed E-state index contributed by atoms with van der Waals surface area (Å²) >= 11 is 0. The first-order chi connectivity index (χ1) is 9.05. The van der Waals surface area contributed by atoms with Gasteiger partial charge in [-0.15, -0.1) is 0 Å². The number of primary amides is 1. The second-order valence-corrected chi connectivity index (χ2v) is 6.17. The van der Waals surface area contributed by atoms with Crippen LogP contribution in [0.5, 0.6) is 0 Å². The number of carbonyl (C=O) groups excluding carboxylic acids is 2. The van der Waals surface area contributed by atoms with Crippen LogP contribution in [0.3, 0.4) is 0 Å². The van der Waals surface area contributed by atoms with Gasteiger partial charge >= 0.3 is 0 Å². The van der Waals surface area contributed by atoms with Crippen molar-refractivity contribution in [2.45, 2.75) is 52.1 Å². The number of hydrogen-bond acceptors (Lipinski definition) is 5. The van der Waals surface area contributed by atoms with Crippen molar-refractivity contribution in [3.8, 4) is 0 Å². The van der Waals surface area contributed by atoms with Crippen molar-refractivity contribution in [1.82, 2.24) is 5.32 Å². The van der Waals surface area contributed by atoms with Crippen LogP contribution in [0.2, 0.25) is 0 Å². The molecule has 0 aromatic carbocycles. The molecule has 1 aliphatic heterocycles. The minimum atomic E-state index is -1.25. The van der Waals surface area contributed by atoms with Crippen molar-refractivity contribution in [3.05, 3.63) is 0 Å². The van der Waals surface area contributed by atoms with E-state index < -0.39 is 29.3 Å². The van der Waals surface area contributed by atoms with E-state index in [-0.39, 0.29) is 18.9 Å². The van der Waals surface area contributed by atoms with Gasteiger partial charge in [0.25, 0.3) is 0 Å². The van der Waals surface area contributed by atoms with E-state index in [1.54, 1.807) is 13.8 Å². The number of rotatable bonds is 5. The van der Waals surface area contributed by atoms with E-state index in [1.165, 1.54) is 0 Å². The molecule has 0 aromatic heterocycles. The van der Waals surface area contributed by atoms with Crippen LogP contribution in [0, 0.1) is 5.41 Å². The van der Waals surface area contributed by atoms with Crippen LogP contribution in [0.1, 0.15) is 34.1 Å². The van der Waals surface area contributed by atoms with Gasteiger partial charge in [-0.1, -0.05) is 13.8 Å². The molecule has 1 aliphatic rings. The van der Waals surface area contributed by atoms with Crippen LogP contribution in [-0.4, -0.2) is 48.1 Å². The third-order valence-electron chi connectivity index (χ3n) is 3.19. The van der Waals surface area contributed by atoms with Crippen LogP contribution in [0.15, 0.2) is 0 Å². The van der Waals surface area contributed by atoms with Gasteiger partial charge in [0.15, 0.2) is 5.79 Å². The van der Waals surface area contributed by atoms with E-state index in [4.69, 9.17) is 15.2 Å². The number of amides is 2. The lowest BCUT2D eigenvalue weighted by molar-refractivity contribution is -0.304. The predicted octanol–water partition coefficient (Wildman–Crippen LogP) is -0.483. The number of nitrogens with two attached hydrogens (primary N) is 1. The Balaban J connectivity index is 2.54. The molecular weight excluding hydrogens is 264 g/mol. The molecule has 0 saturated carbocycles. The second-order valence-electron chi connectivity index (χ2n) is 6.17. The highest BCUT2D eigenvalue weighted by atomic mass is 16.7. The normalized spacial score (nSPS) is 25.8. The summed E-state index contributed by atoms with van der Waals surface area (Å²) in [6.45, 7) is 7.82. The van der Waals surface area contributed by atoms with Crippen LogP contribution in [0.4, 0.5) is 0 Å². The summed E-state index contributed by atoms with van der Waals surface area (Å²) in [4.78, 5) is 22.8. The molecule has 0 spiro atoms. The van der Waals surface area contributed by atoms with Gasteiger partial charge in [-0.25, -0.2) is 0 Å². The quantitative estimate of drug-likeness (QED) is 0.632. The first kappa shape index (κ1) is 16.9. The summed E-state index contributed by atoms with van der Waals surface area (Å²) < 4.78 is 11.2. The van der Waals surface area contributed by atoms with Crippen molar-refractivity contribution in [1.29, 1.82) is 0 Å². The van der Waals surface area contributed by atoms with Gasteiger partial charge in [-0.05, 0) is 20.3 Å². The predicted molar refractivity (Wildman–Crippen MR) is 71.5 cm³/mol. The Kier molecular flexibility index (Phi) is 5.12. The van der Waals surface area contributed by atoms with Gasteiger partial charge in [0, 0.05) is 12.0 Å². The molecular formula is C13H24N2O5. The van der Waals surface area contributed by atoms with Gasteiger partial charge < -0.3 is 25.6 Å². The van der Waals surface area contributed by atoms with Gasteiger partial charge in [0.05, 0.1) is 6.61 Å². The highest BCUT2D eigenvalue weighted by Gasteiger charge is 2.45. The van der Waals surface area contributed by atoms with Crippen LogP contribution >= 0.6 is 0 Å². The van der Waals surface area contributed by atoms with Crippen LogP contribution in [-0.2, 0) is 19.1 Å². The maximum Gasteiger partial charge on any atom is 0.249 e. The number of aliphatic hydroxyl groups is 1. The first-order valence-electron chi connectivity index (χ1n) is 6.62. The van der Waals surface area contributed by atoms with Crippen molar-refractivity contribution < 1.29 is 24.2 Å². The van der Waals surface area contributed by atoms with Crippen molar-refractivity contribution in [2.24, 2.45) is 11.1 Å². The molecule has 1 fully saturated rings. The molecule has 1 rings (SSSR count). The van der Waals surface area contributed by atoms with E-state index in [9.17, 15) is 14.7 Å². The molecule has 7 heteroatoms. The lowest BCUT2D eigenvalue weighted by atomic mass is 9.85. The standard InChI is InChI=1S/C13H24N2O5/c1-12(2)7-19-13(3,4)20-9(12)11(18)15-6-5-8(16)10(14)17/h8-9,16H,5-7H2,1-4H3,(H2,14,17)(H,15,18)/t8?,9-/m0/s1. The summed E-state index contributed by atoms with van der Waals surface area (Å²) in [7, 11) is 0. The third-order valence-corrected chi connectivity index (χ3v) is 3.19. The number of ether oxygens (including phenoxy) is 2. The van der Waals surface area contributed by atoms with Crippen molar-refractivity contribution in [2.75, 3.05) is 13.2 Å². The Morgan fingerprint density at radius 1 is 1.40 bits per heavy atom. The molecule has 0 aromatic rings. The molecule has 1 saturated heterocycles. The average molecular weight is 288 g/mol. The molecule has 0 radical (unpaired) electrons. The number of aliphatic hydroxyl groups excluding tert-OH is 1. The largest absolute Gasteiger partial charge is 0.383 e. The molecule has 2 atom stereocenters. The lowest BCUT2D eigenvalue weighted by Crippen LogP contribution is -2.56. The van der Waals surface area contributed by atoms with E-state index in [2.05, 4.69) is 5.32 Å². The SMILES string of the molecule is CC1(C)OCC(C)(C)[C@H](C(=O)NCCC(O)C(N)=O)O1. The van der Waals surface area contributed by atoms with Gasteiger partial charge in [0.2, 0.25) is 11.8 Å². The lowest BCUT2D eigenvalue weighted by Gasteiger charge is -2.44. The number of carbonyl (C=O) groups is 2.